The van der Waals surface area contributed by atoms with E-state index in [1.54, 1.807) is 0 Å². The van der Waals surface area contributed by atoms with E-state index in [-0.39, 0.29) is 0 Å². The molecular formula is C11H16O. The molecule has 1 aliphatic carbocycles. The van der Waals surface area contributed by atoms with E-state index in [1.165, 1.54) is 17.6 Å². The van der Waals surface area contributed by atoms with Crippen LogP contribution in [0.1, 0.15) is 20.3 Å². The maximum absolute atomic E-state index is 5.39. The van der Waals surface area contributed by atoms with Crippen LogP contribution in [-0.2, 0) is 4.74 Å². The predicted octanol–water partition coefficient (Wildman–Crippen LogP) is 2.55. The van der Waals surface area contributed by atoms with Gasteiger partial charge in [0, 0.05) is 0 Å². The summed E-state index contributed by atoms with van der Waals surface area (Å²) in [6, 6.07) is 0. The lowest BCUT2D eigenvalue weighted by Crippen LogP contribution is -2.10. The summed E-state index contributed by atoms with van der Waals surface area (Å²) in [7, 11) is 0. The largest absolute Gasteiger partial charge is 0.372 e. The monoisotopic (exact) mass is 164 g/mol. The quantitative estimate of drug-likeness (QED) is 0.578. The van der Waals surface area contributed by atoms with E-state index in [2.05, 4.69) is 26.0 Å². The summed E-state index contributed by atoms with van der Waals surface area (Å²) in [5.74, 6) is 1.50. The molecule has 0 saturated heterocycles. The average molecular weight is 164 g/mol. The Kier molecular flexibility index (Phi) is 2.05. The van der Waals surface area contributed by atoms with Crippen LogP contribution in [0.2, 0.25) is 0 Å². The molecule has 12 heavy (non-hydrogen) atoms. The molecule has 1 atom stereocenters. The Bertz CT molecular complexity index is 235. The van der Waals surface area contributed by atoms with Gasteiger partial charge in [-0.1, -0.05) is 26.0 Å². The third-order valence-corrected chi connectivity index (χ3v) is 2.87. The molecule has 1 aliphatic heterocycles. The highest BCUT2D eigenvalue weighted by Crippen LogP contribution is 2.31. The van der Waals surface area contributed by atoms with Crippen LogP contribution in [0.3, 0.4) is 0 Å². The highest BCUT2D eigenvalue weighted by molar-refractivity contribution is 5.34. The van der Waals surface area contributed by atoms with Crippen LogP contribution in [0.5, 0.6) is 0 Å². The van der Waals surface area contributed by atoms with Gasteiger partial charge in [0.1, 0.15) is 0 Å². The van der Waals surface area contributed by atoms with Crippen LogP contribution >= 0.6 is 0 Å². The standard InChI is InChI=1S/C11H16O/c1-8(2)9-3-4-10-6-12-7-11(10)5-9/h3-4,8-9H,5-7H2,1-2H3. The Hall–Kier alpha value is -0.560. The first-order chi connectivity index (χ1) is 5.77. The highest BCUT2D eigenvalue weighted by Gasteiger charge is 2.22. The molecule has 0 aromatic rings. The van der Waals surface area contributed by atoms with E-state index in [0.717, 1.165) is 25.0 Å². The van der Waals surface area contributed by atoms with Crippen molar-refractivity contribution in [1.82, 2.24) is 0 Å². The zero-order chi connectivity index (χ0) is 8.55. The van der Waals surface area contributed by atoms with E-state index in [9.17, 15) is 0 Å². The smallest absolute Gasteiger partial charge is 0.0721 e. The number of ether oxygens (including phenoxy) is 1. The summed E-state index contributed by atoms with van der Waals surface area (Å²) < 4.78 is 5.39. The number of allylic oxidation sites excluding steroid dienone is 1. The molecule has 0 saturated carbocycles. The Morgan fingerprint density at radius 3 is 3.00 bits per heavy atom. The molecular weight excluding hydrogens is 148 g/mol. The predicted molar refractivity (Wildman–Crippen MR) is 49.9 cm³/mol. The fraction of sp³-hybridized carbons (Fsp3) is 0.636. The summed E-state index contributed by atoms with van der Waals surface area (Å²) in [6.45, 7) is 6.30. The fourth-order valence-corrected chi connectivity index (χ4v) is 1.89. The lowest BCUT2D eigenvalue weighted by atomic mass is 9.84. The van der Waals surface area contributed by atoms with Crippen molar-refractivity contribution in [3.8, 4) is 0 Å². The fourth-order valence-electron chi connectivity index (χ4n) is 1.89. The maximum Gasteiger partial charge on any atom is 0.0721 e. The van der Waals surface area contributed by atoms with Crippen molar-refractivity contribution >= 4 is 0 Å². The molecule has 0 aromatic heterocycles. The molecule has 0 fully saturated rings. The normalized spacial score (nSPS) is 28.4. The topological polar surface area (TPSA) is 9.23 Å². The highest BCUT2D eigenvalue weighted by atomic mass is 16.5. The van der Waals surface area contributed by atoms with Crippen LogP contribution in [0.4, 0.5) is 0 Å². The number of hydrogen-bond acceptors (Lipinski definition) is 1. The van der Waals surface area contributed by atoms with Gasteiger partial charge < -0.3 is 4.74 Å². The minimum Gasteiger partial charge on any atom is -0.372 e. The molecule has 1 heteroatoms. The summed E-state index contributed by atoms with van der Waals surface area (Å²) in [6.07, 6.45) is 5.83. The second-order valence-electron chi connectivity index (χ2n) is 4.09. The van der Waals surface area contributed by atoms with Crippen LogP contribution in [0, 0.1) is 11.8 Å². The van der Waals surface area contributed by atoms with Crippen molar-refractivity contribution in [3.05, 3.63) is 23.3 Å². The van der Waals surface area contributed by atoms with Crippen molar-refractivity contribution in [2.75, 3.05) is 13.2 Å². The SMILES string of the molecule is CC(C)C1C=CC2=C(COC2)C1. The Morgan fingerprint density at radius 2 is 2.25 bits per heavy atom. The average Bonchev–Trinajstić information content (AvgIpc) is 2.49. The van der Waals surface area contributed by atoms with Crippen LogP contribution in [-0.4, -0.2) is 13.2 Å². The van der Waals surface area contributed by atoms with Crippen molar-refractivity contribution in [3.63, 3.8) is 0 Å². The van der Waals surface area contributed by atoms with E-state index in [4.69, 9.17) is 4.74 Å². The van der Waals surface area contributed by atoms with Crippen molar-refractivity contribution in [2.24, 2.45) is 11.8 Å². The summed E-state index contributed by atoms with van der Waals surface area (Å²) in [5, 5.41) is 0. The maximum atomic E-state index is 5.39. The molecule has 1 nitrogen and oxygen atoms in total. The van der Waals surface area contributed by atoms with Gasteiger partial charge in [0.25, 0.3) is 0 Å². The zero-order valence-corrected chi connectivity index (χ0v) is 7.84. The first-order valence-electron chi connectivity index (χ1n) is 4.74. The molecule has 0 bridgehead atoms. The van der Waals surface area contributed by atoms with Gasteiger partial charge in [0.2, 0.25) is 0 Å². The van der Waals surface area contributed by atoms with E-state index >= 15 is 0 Å². The van der Waals surface area contributed by atoms with E-state index in [0.29, 0.717) is 0 Å². The van der Waals surface area contributed by atoms with Crippen molar-refractivity contribution in [1.29, 1.82) is 0 Å². The first-order valence-corrected chi connectivity index (χ1v) is 4.74. The van der Waals surface area contributed by atoms with Gasteiger partial charge in [-0.3, -0.25) is 0 Å². The number of hydrogen-bond donors (Lipinski definition) is 0. The Balaban J connectivity index is 2.10. The minimum absolute atomic E-state index is 0.741. The molecule has 0 N–H and O–H groups in total. The molecule has 2 rings (SSSR count). The van der Waals surface area contributed by atoms with Gasteiger partial charge in [0.05, 0.1) is 13.2 Å². The van der Waals surface area contributed by atoms with Crippen molar-refractivity contribution < 1.29 is 4.74 Å². The van der Waals surface area contributed by atoms with Crippen molar-refractivity contribution in [2.45, 2.75) is 20.3 Å². The number of rotatable bonds is 1. The molecule has 2 aliphatic rings. The lowest BCUT2D eigenvalue weighted by molar-refractivity contribution is 0.203. The summed E-state index contributed by atoms with van der Waals surface area (Å²) >= 11 is 0. The zero-order valence-electron chi connectivity index (χ0n) is 7.84. The van der Waals surface area contributed by atoms with E-state index < -0.39 is 0 Å². The molecule has 0 amide bonds. The lowest BCUT2D eigenvalue weighted by Gasteiger charge is -2.20. The molecule has 0 spiro atoms. The van der Waals surface area contributed by atoms with Crippen LogP contribution in [0.25, 0.3) is 0 Å². The minimum atomic E-state index is 0.741. The van der Waals surface area contributed by atoms with Crippen LogP contribution < -0.4 is 0 Å². The molecule has 66 valence electrons. The second-order valence-corrected chi connectivity index (χ2v) is 4.09. The molecule has 1 heterocycles. The molecule has 0 aromatic carbocycles. The van der Waals surface area contributed by atoms with Gasteiger partial charge in [0.15, 0.2) is 0 Å². The van der Waals surface area contributed by atoms with Crippen LogP contribution in [0.15, 0.2) is 23.3 Å². The first kappa shape index (κ1) is 8.06. The van der Waals surface area contributed by atoms with Gasteiger partial charge in [-0.2, -0.15) is 0 Å². The third-order valence-electron chi connectivity index (χ3n) is 2.87. The molecule has 1 unspecified atom stereocenters. The van der Waals surface area contributed by atoms with Gasteiger partial charge in [-0.05, 0) is 29.4 Å². The third kappa shape index (κ3) is 1.34. The summed E-state index contributed by atoms with van der Waals surface area (Å²) in [4.78, 5) is 0. The van der Waals surface area contributed by atoms with Gasteiger partial charge in [-0.25, -0.2) is 0 Å². The summed E-state index contributed by atoms with van der Waals surface area (Å²) in [5.41, 5.74) is 2.98. The Morgan fingerprint density at radius 1 is 1.42 bits per heavy atom. The van der Waals surface area contributed by atoms with E-state index in [1.807, 2.05) is 0 Å². The Labute approximate surface area is 74.1 Å². The second kappa shape index (κ2) is 3.06. The van der Waals surface area contributed by atoms with Gasteiger partial charge >= 0.3 is 0 Å². The van der Waals surface area contributed by atoms with Gasteiger partial charge in [-0.15, -0.1) is 0 Å². The molecule has 0 radical (unpaired) electrons.